The van der Waals surface area contributed by atoms with Crippen LogP contribution in [0.15, 0.2) is 0 Å². The zero-order chi connectivity index (χ0) is 15.9. The lowest BCUT2D eigenvalue weighted by Crippen LogP contribution is -2.64. The highest BCUT2D eigenvalue weighted by Gasteiger charge is 2.53. The molecule has 0 amide bonds. The summed E-state index contributed by atoms with van der Waals surface area (Å²) in [6.07, 6.45) is -12.9. The van der Waals surface area contributed by atoms with Crippen LogP contribution < -0.4 is 0 Å². The molecule has 0 aliphatic carbocycles. The van der Waals surface area contributed by atoms with Gasteiger partial charge in [0.2, 0.25) is 0 Å². The average Bonchev–Trinajstić information content (AvgIpc) is 2.47. The lowest BCUT2D eigenvalue weighted by molar-refractivity contribution is -0.262. The summed E-state index contributed by atoms with van der Waals surface area (Å²) in [5, 5.41) is 67.8. The molecule has 7 N–H and O–H groups in total. The lowest BCUT2D eigenvalue weighted by Gasteiger charge is -2.47. The Hall–Kier alpha value is -0.360. The first-order valence-corrected chi connectivity index (χ1v) is 6.67. The van der Waals surface area contributed by atoms with Crippen LogP contribution >= 0.6 is 0 Å². The van der Waals surface area contributed by atoms with E-state index in [1.54, 1.807) is 0 Å². The maximum Gasteiger partial charge on any atom is 0.160 e. The van der Waals surface area contributed by atoms with Gasteiger partial charge in [-0.2, -0.15) is 0 Å². The second-order valence-corrected chi connectivity index (χ2v) is 5.40. The highest BCUT2D eigenvalue weighted by atomic mass is 16.6. The smallest absolute Gasteiger partial charge is 0.160 e. The normalized spacial score (nSPS) is 52.9. The monoisotopic (exact) mass is 309 g/mol. The Bertz CT molecular complexity index is 352. The Morgan fingerprint density at radius 2 is 1.48 bits per heavy atom. The van der Waals surface area contributed by atoms with Crippen LogP contribution in [0.25, 0.3) is 0 Å². The van der Waals surface area contributed by atoms with Crippen molar-refractivity contribution in [3.8, 4) is 0 Å². The largest absolute Gasteiger partial charge is 0.394 e. The van der Waals surface area contributed by atoms with Gasteiger partial charge in [0.1, 0.15) is 48.8 Å². The van der Waals surface area contributed by atoms with E-state index >= 15 is 0 Å². The SMILES string of the molecule is C[C@H]1OC([C]2O[C@H](CO)[C@@H](O)[C@H](O)[C@@H]2O)[C@@H](O)[C@@H](O)[C@@H]1O. The Kier molecular flexibility index (Phi) is 5.19. The maximum atomic E-state index is 9.95. The zero-order valence-electron chi connectivity index (χ0n) is 11.4. The summed E-state index contributed by atoms with van der Waals surface area (Å²) in [5.74, 6) is 0. The van der Waals surface area contributed by atoms with Gasteiger partial charge in [-0.3, -0.25) is 0 Å². The van der Waals surface area contributed by atoms with E-state index in [1.165, 1.54) is 6.92 Å². The molecule has 2 rings (SSSR count). The van der Waals surface area contributed by atoms with E-state index in [-0.39, 0.29) is 6.10 Å². The molecule has 2 fully saturated rings. The predicted octanol–water partition coefficient (Wildman–Crippen LogP) is -4.14. The molecule has 2 aliphatic rings. The minimum atomic E-state index is -1.67. The highest BCUT2D eigenvalue weighted by Crippen LogP contribution is 2.35. The standard InChI is InChI=1S/C12H21O9/c1-3-5(14)7(16)9(18)11(20-3)12-10(19)8(17)6(15)4(2-13)21-12/h3-11,13-19H,2H2,1H3/t3-,4-,5-,6-,7+,8+,9+,10+,11?/m1/s1. The molecular weight excluding hydrogens is 288 g/mol. The van der Waals surface area contributed by atoms with Gasteiger partial charge in [0, 0.05) is 0 Å². The molecule has 2 aliphatic heterocycles. The number of aliphatic hydroxyl groups excluding tert-OH is 7. The van der Waals surface area contributed by atoms with Gasteiger partial charge in [0.25, 0.3) is 0 Å². The first-order chi connectivity index (χ1) is 9.79. The number of ether oxygens (including phenoxy) is 2. The molecule has 1 radical (unpaired) electrons. The Balaban J connectivity index is 2.19. The summed E-state index contributed by atoms with van der Waals surface area (Å²) in [4.78, 5) is 0. The van der Waals surface area contributed by atoms with Gasteiger partial charge in [0.05, 0.1) is 12.7 Å². The number of aliphatic hydroxyl groups is 7. The number of rotatable bonds is 2. The molecule has 21 heavy (non-hydrogen) atoms. The zero-order valence-corrected chi connectivity index (χ0v) is 11.4. The quantitative estimate of drug-likeness (QED) is 0.269. The fraction of sp³-hybridized carbons (Fsp3) is 0.917. The molecule has 0 aromatic carbocycles. The first kappa shape index (κ1) is 17.0. The molecule has 123 valence electrons. The van der Waals surface area contributed by atoms with Crippen molar-refractivity contribution < 1.29 is 45.2 Å². The summed E-state index contributed by atoms with van der Waals surface area (Å²) in [6, 6.07) is 0. The predicted molar refractivity (Wildman–Crippen MR) is 65.6 cm³/mol. The molecule has 0 saturated carbocycles. The molecule has 2 heterocycles. The van der Waals surface area contributed by atoms with Gasteiger partial charge in [0.15, 0.2) is 6.10 Å². The van der Waals surface area contributed by atoms with E-state index in [0.29, 0.717) is 0 Å². The Morgan fingerprint density at radius 3 is 2.05 bits per heavy atom. The third-order valence-corrected chi connectivity index (χ3v) is 3.95. The summed E-state index contributed by atoms with van der Waals surface area (Å²) >= 11 is 0. The van der Waals surface area contributed by atoms with Crippen molar-refractivity contribution in [1.82, 2.24) is 0 Å². The van der Waals surface area contributed by atoms with Gasteiger partial charge in [-0.25, -0.2) is 0 Å². The third-order valence-electron chi connectivity index (χ3n) is 3.95. The van der Waals surface area contributed by atoms with Gasteiger partial charge >= 0.3 is 0 Å². The van der Waals surface area contributed by atoms with E-state index in [1.807, 2.05) is 0 Å². The van der Waals surface area contributed by atoms with Crippen LogP contribution in [-0.4, -0.2) is 97.3 Å². The lowest BCUT2D eigenvalue weighted by atomic mass is 9.86. The molecule has 2 saturated heterocycles. The van der Waals surface area contributed by atoms with Crippen LogP contribution in [0.4, 0.5) is 0 Å². The topological polar surface area (TPSA) is 160 Å². The summed E-state index contributed by atoms with van der Waals surface area (Å²) in [6.45, 7) is 0.829. The molecule has 0 aromatic rings. The molecule has 0 bridgehead atoms. The Labute approximate surface area is 121 Å². The van der Waals surface area contributed by atoms with Gasteiger partial charge in [-0.1, -0.05) is 0 Å². The van der Waals surface area contributed by atoms with E-state index in [4.69, 9.17) is 14.6 Å². The van der Waals surface area contributed by atoms with Crippen molar-refractivity contribution in [3.05, 3.63) is 6.10 Å². The highest BCUT2D eigenvalue weighted by molar-refractivity contribution is 5.11. The summed E-state index contributed by atoms with van der Waals surface area (Å²) < 4.78 is 10.5. The molecular formula is C12H21O9. The van der Waals surface area contributed by atoms with Crippen molar-refractivity contribution in [2.75, 3.05) is 6.61 Å². The fourth-order valence-electron chi connectivity index (χ4n) is 2.56. The number of hydrogen-bond acceptors (Lipinski definition) is 9. The van der Waals surface area contributed by atoms with Crippen LogP contribution in [0, 0.1) is 6.10 Å². The second kappa shape index (κ2) is 6.41. The molecule has 0 aromatic heterocycles. The van der Waals surface area contributed by atoms with E-state index in [0.717, 1.165) is 0 Å². The molecule has 0 spiro atoms. The van der Waals surface area contributed by atoms with E-state index < -0.39 is 61.5 Å². The molecule has 1 unspecified atom stereocenters. The maximum absolute atomic E-state index is 9.95. The number of hydrogen-bond donors (Lipinski definition) is 7. The van der Waals surface area contributed by atoms with Crippen LogP contribution in [0.1, 0.15) is 6.92 Å². The van der Waals surface area contributed by atoms with Gasteiger partial charge in [-0.05, 0) is 6.92 Å². The summed E-state index contributed by atoms with van der Waals surface area (Å²) in [7, 11) is 0. The molecule has 9 atom stereocenters. The third kappa shape index (κ3) is 2.93. The minimum absolute atomic E-state index is 0.308. The fourth-order valence-corrected chi connectivity index (χ4v) is 2.56. The van der Waals surface area contributed by atoms with Crippen molar-refractivity contribution in [3.63, 3.8) is 0 Å². The van der Waals surface area contributed by atoms with Crippen molar-refractivity contribution in [2.24, 2.45) is 0 Å². The Morgan fingerprint density at radius 1 is 0.857 bits per heavy atom. The van der Waals surface area contributed by atoms with Crippen molar-refractivity contribution in [2.45, 2.75) is 61.9 Å². The van der Waals surface area contributed by atoms with Crippen LogP contribution in [0.2, 0.25) is 0 Å². The first-order valence-electron chi connectivity index (χ1n) is 6.67. The van der Waals surface area contributed by atoms with Crippen molar-refractivity contribution >= 4 is 0 Å². The van der Waals surface area contributed by atoms with Crippen molar-refractivity contribution in [1.29, 1.82) is 0 Å². The van der Waals surface area contributed by atoms with Gasteiger partial charge < -0.3 is 45.2 Å². The second-order valence-electron chi connectivity index (χ2n) is 5.40. The minimum Gasteiger partial charge on any atom is -0.394 e. The molecule has 9 heteroatoms. The van der Waals surface area contributed by atoms with Crippen LogP contribution in [0.3, 0.4) is 0 Å². The average molecular weight is 309 g/mol. The van der Waals surface area contributed by atoms with E-state index in [2.05, 4.69) is 0 Å². The molecule has 9 nitrogen and oxygen atoms in total. The van der Waals surface area contributed by atoms with Gasteiger partial charge in [-0.15, -0.1) is 0 Å². The van der Waals surface area contributed by atoms with Crippen LogP contribution in [0.5, 0.6) is 0 Å². The van der Waals surface area contributed by atoms with Crippen LogP contribution in [-0.2, 0) is 9.47 Å². The van der Waals surface area contributed by atoms with E-state index in [9.17, 15) is 30.6 Å². The summed E-state index contributed by atoms with van der Waals surface area (Å²) in [5.41, 5.74) is 0.